The van der Waals surface area contributed by atoms with Gasteiger partial charge in [0.2, 0.25) is 0 Å². The number of fused-ring (bicyclic) bond motifs is 1. The van der Waals surface area contributed by atoms with Gasteiger partial charge in [0.15, 0.2) is 5.13 Å². The molecular weight excluding hydrogens is 350 g/mol. The van der Waals surface area contributed by atoms with Crippen LogP contribution in [0, 0.1) is 6.92 Å². The Morgan fingerprint density at radius 2 is 2.12 bits per heavy atom. The molecule has 134 valence electrons. The number of thiazole rings is 1. The Bertz CT molecular complexity index is 1000. The van der Waals surface area contributed by atoms with Gasteiger partial charge in [-0.2, -0.15) is 5.10 Å². The number of nitrogens with one attached hydrogen (secondary N) is 1. The van der Waals surface area contributed by atoms with E-state index in [9.17, 15) is 9.59 Å². The molecule has 26 heavy (non-hydrogen) atoms. The molecule has 0 unspecified atom stereocenters. The van der Waals surface area contributed by atoms with Crippen molar-refractivity contribution < 1.29 is 4.79 Å². The van der Waals surface area contributed by atoms with Crippen LogP contribution in [-0.4, -0.2) is 31.8 Å². The Kier molecular flexibility index (Phi) is 4.42. The maximum Gasteiger partial charge on any atom is 0.267 e. The summed E-state index contributed by atoms with van der Waals surface area (Å²) in [5.74, 6) is -0.174. The second-order valence-electron chi connectivity index (χ2n) is 6.29. The van der Waals surface area contributed by atoms with Gasteiger partial charge in [-0.1, -0.05) is 11.3 Å². The van der Waals surface area contributed by atoms with Crippen LogP contribution in [0.25, 0.3) is 5.13 Å². The molecule has 0 saturated carbocycles. The molecular formula is C18H19N5O2S. The summed E-state index contributed by atoms with van der Waals surface area (Å²) in [5.41, 5.74) is 2.66. The number of nitrogens with zero attached hydrogens (tertiary/aromatic N) is 4. The Balaban J connectivity index is 1.41. The van der Waals surface area contributed by atoms with E-state index in [1.807, 2.05) is 36.0 Å². The maximum absolute atomic E-state index is 12.5. The van der Waals surface area contributed by atoms with Crippen molar-refractivity contribution in [3.8, 4) is 5.13 Å². The molecule has 3 aromatic heterocycles. The highest BCUT2D eigenvalue weighted by Gasteiger charge is 2.17. The molecule has 0 fully saturated rings. The Hall–Kier alpha value is -2.74. The molecule has 0 spiro atoms. The fourth-order valence-corrected chi connectivity index (χ4v) is 4.07. The van der Waals surface area contributed by atoms with E-state index in [0.29, 0.717) is 23.7 Å². The van der Waals surface area contributed by atoms with Crippen molar-refractivity contribution in [3.05, 3.63) is 62.8 Å². The zero-order valence-corrected chi connectivity index (χ0v) is 15.3. The molecule has 8 heteroatoms. The molecule has 1 aliphatic rings. The second-order valence-corrected chi connectivity index (χ2v) is 7.27. The van der Waals surface area contributed by atoms with Gasteiger partial charge in [0.05, 0.1) is 17.9 Å². The van der Waals surface area contributed by atoms with Crippen LogP contribution in [0.4, 0.5) is 0 Å². The van der Waals surface area contributed by atoms with Crippen LogP contribution in [0.3, 0.4) is 0 Å². The third-order valence-corrected chi connectivity index (χ3v) is 5.62. The van der Waals surface area contributed by atoms with Crippen molar-refractivity contribution in [1.82, 2.24) is 24.6 Å². The van der Waals surface area contributed by atoms with E-state index in [0.717, 1.165) is 35.7 Å². The van der Waals surface area contributed by atoms with E-state index in [-0.39, 0.29) is 11.5 Å². The van der Waals surface area contributed by atoms with Gasteiger partial charge >= 0.3 is 0 Å². The zero-order chi connectivity index (χ0) is 18.1. The van der Waals surface area contributed by atoms with Gasteiger partial charge in [-0.15, -0.1) is 0 Å². The molecule has 4 rings (SSSR count). The molecule has 3 aromatic rings. The molecule has 0 saturated heterocycles. The summed E-state index contributed by atoms with van der Waals surface area (Å²) in [5, 5.41) is 8.04. The molecule has 1 N–H and O–H groups in total. The number of rotatable bonds is 5. The van der Waals surface area contributed by atoms with Crippen LogP contribution in [0.1, 0.15) is 33.0 Å². The average Bonchev–Trinajstić information content (AvgIpc) is 3.34. The van der Waals surface area contributed by atoms with E-state index in [4.69, 9.17) is 0 Å². The lowest BCUT2D eigenvalue weighted by Crippen LogP contribution is -2.32. The van der Waals surface area contributed by atoms with E-state index < -0.39 is 0 Å². The van der Waals surface area contributed by atoms with Gasteiger partial charge in [-0.25, -0.2) is 9.67 Å². The number of carbonyl (C=O) groups excluding carboxylic acids is 1. The predicted octanol–water partition coefficient (Wildman–Crippen LogP) is 1.72. The van der Waals surface area contributed by atoms with Crippen LogP contribution < -0.4 is 10.9 Å². The van der Waals surface area contributed by atoms with Crippen molar-refractivity contribution in [2.75, 3.05) is 6.54 Å². The van der Waals surface area contributed by atoms with Crippen LogP contribution in [-0.2, 0) is 19.4 Å². The van der Waals surface area contributed by atoms with Gasteiger partial charge < -0.3 is 9.88 Å². The number of amides is 1. The molecule has 0 radical (unpaired) electrons. The Morgan fingerprint density at radius 1 is 1.31 bits per heavy atom. The van der Waals surface area contributed by atoms with Crippen LogP contribution in [0.2, 0.25) is 0 Å². The first-order chi connectivity index (χ1) is 12.6. The molecule has 7 nitrogen and oxygen atoms in total. The minimum absolute atomic E-state index is 0.108. The summed E-state index contributed by atoms with van der Waals surface area (Å²) >= 11 is 1.35. The minimum atomic E-state index is -0.174. The summed E-state index contributed by atoms with van der Waals surface area (Å²) in [6.45, 7) is 2.53. The number of carbonyl (C=O) groups is 1. The van der Waals surface area contributed by atoms with Crippen molar-refractivity contribution in [2.45, 2.75) is 32.7 Å². The van der Waals surface area contributed by atoms with Crippen molar-refractivity contribution in [2.24, 2.45) is 0 Å². The number of hydrogen-bond donors (Lipinski definition) is 1. The van der Waals surface area contributed by atoms with Gasteiger partial charge in [-0.3, -0.25) is 9.59 Å². The lowest BCUT2D eigenvalue weighted by Gasteiger charge is -2.08. The summed E-state index contributed by atoms with van der Waals surface area (Å²) < 4.78 is 3.32. The highest BCUT2D eigenvalue weighted by molar-refractivity contribution is 7.16. The van der Waals surface area contributed by atoms with Crippen molar-refractivity contribution in [1.29, 1.82) is 0 Å². The predicted molar refractivity (Wildman–Crippen MR) is 99.0 cm³/mol. The van der Waals surface area contributed by atoms with Gasteiger partial charge in [0, 0.05) is 25.0 Å². The molecule has 1 amide bonds. The molecule has 0 atom stereocenters. The third-order valence-electron chi connectivity index (χ3n) is 4.45. The number of aryl methyl sites for hydroxylation is 3. The fourth-order valence-electron chi connectivity index (χ4n) is 3.12. The SMILES string of the molecule is Cc1nc(-n2cccc2)sc1C(=O)NCCn1nc2c(cc1=O)CCC2. The van der Waals surface area contributed by atoms with Gasteiger partial charge in [-0.05, 0) is 43.9 Å². The number of hydrogen-bond acceptors (Lipinski definition) is 5. The highest BCUT2D eigenvalue weighted by atomic mass is 32.1. The summed E-state index contributed by atoms with van der Waals surface area (Å²) in [6, 6.07) is 5.50. The van der Waals surface area contributed by atoms with Crippen molar-refractivity contribution in [3.63, 3.8) is 0 Å². The quantitative estimate of drug-likeness (QED) is 0.742. The standard InChI is InChI=1S/C18H19N5O2S/c1-12-16(26-18(20-12)22-8-2-3-9-22)17(25)19-7-10-23-15(24)11-13-5-4-6-14(13)21-23/h2-3,8-9,11H,4-7,10H2,1H3,(H,19,25). The van der Waals surface area contributed by atoms with Gasteiger partial charge in [0.25, 0.3) is 11.5 Å². The van der Waals surface area contributed by atoms with Gasteiger partial charge in [0.1, 0.15) is 4.88 Å². The molecule has 3 heterocycles. The largest absolute Gasteiger partial charge is 0.349 e. The van der Waals surface area contributed by atoms with E-state index in [1.165, 1.54) is 16.0 Å². The molecule has 0 bridgehead atoms. The summed E-state index contributed by atoms with van der Waals surface area (Å²) in [6.07, 6.45) is 6.70. The third kappa shape index (κ3) is 3.20. The Morgan fingerprint density at radius 3 is 2.92 bits per heavy atom. The normalized spacial score (nSPS) is 13.0. The van der Waals surface area contributed by atoms with E-state index >= 15 is 0 Å². The highest BCUT2D eigenvalue weighted by Crippen LogP contribution is 2.21. The van der Waals surface area contributed by atoms with E-state index in [1.54, 1.807) is 6.07 Å². The van der Waals surface area contributed by atoms with Crippen LogP contribution in [0.15, 0.2) is 35.4 Å². The first-order valence-electron chi connectivity index (χ1n) is 8.61. The zero-order valence-electron chi connectivity index (χ0n) is 14.4. The monoisotopic (exact) mass is 369 g/mol. The fraction of sp³-hybridized carbons (Fsp3) is 0.333. The minimum Gasteiger partial charge on any atom is -0.349 e. The summed E-state index contributed by atoms with van der Waals surface area (Å²) in [7, 11) is 0. The first-order valence-corrected chi connectivity index (χ1v) is 9.42. The maximum atomic E-state index is 12.5. The Labute approximate surface area is 154 Å². The molecule has 1 aliphatic carbocycles. The van der Waals surface area contributed by atoms with Crippen LogP contribution in [0.5, 0.6) is 0 Å². The smallest absolute Gasteiger partial charge is 0.267 e. The molecule has 0 aliphatic heterocycles. The topological polar surface area (TPSA) is 81.8 Å². The number of aromatic nitrogens is 4. The van der Waals surface area contributed by atoms with E-state index in [2.05, 4.69) is 15.4 Å². The lowest BCUT2D eigenvalue weighted by atomic mass is 10.2. The first kappa shape index (κ1) is 16.7. The summed E-state index contributed by atoms with van der Waals surface area (Å²) in [4.78, 5) is 29.6. The average molecular weight is 369 g/mol. The van der Waals surface area contributed by atoms with Crippen LogP contribution >= 0.6 is 11.3 Å². The lowest BCUT2D eigenvalue weighted by molar-refractivity contribution is 0.0955. The molecule has 0 aromatic carbocycles. The van der Waals surface area contributed by atoms with Crippen molar-refractivity contribution >= 4 is 17.2 Å². The second kappa shape index (κ2) is 6.87.